The Kier molecular flexibility index (Phi) is 5.27. The van der Waals surface area contributed by atoms with Crippen LogP contribution in [0.25, 0.3) is 0 Å². The van der Waals surface area contributed by atoms with Crippen molar-refractivity contribution >= 4 is 28.8 Å². The van der Waals surface area contributed by atoms with E-state index in [0.717, 1.165) is 28.2 Å². The molecule has 1 aliphatic carbocycles. The third kappa shape index (κ3) is 3.59. The second-order valence-corrected chi connectivity index (χ2v) is 8.53. The normalized spacial score (nSPS) is 19.9. The summed E-state index contributed by atoms with van der Waals surface area (Å²) in [6.45, 7) is 0. The number of aromatic hydroxyl groups is 1. The molecule has 2 atom stereocenters. The van der Waals surface area contributed by atoms with Crippen molar-refractivity contribution in [3.8, 4) is 11.5 Å². The van der Waals surface area contributed by atoms with Gasteiger partial charge in [-0.3, -0.25) is 4.79 Å². The molecule has 1 aliphatic heterocycles. The van der Waals surface area contributed by atoms with Gasteiger partial charge in [-0.1, -0.05) is 48.0 Å². The molecule has 0 spiro atoms. The summed E-state index contributed by atoms with van der Waals surface area (Å²) in [4.78, 5) is 13.6. The number of hydrogen-bond donors (Lipinski definition) is 3. The van der Waals surface area contributed by atoms with E-state index in [1.54, 1.807) is 12.1 Å². The minimum atomic E-state index is -0.379. The maximum Gasteiger partial charge on any atom is 0.163 e. The van der Waals surface area contributed by atoms with Gasteiger partial charge in [-0.15, -0.1) is 0 Å². The van der Waals surface area contributed by atoms with Gasteiger partial charge in [-0.25, -0.2) is 0 Å². The minimum Gasteiger partial charge on any atom is -0.504 e. The van der Waals surface area contributed by atoms with E-state index in [1.807, 2.05) is 54.6 Å². The highest BCUT2D eigenvalue weighted by atomic mass is 35.5. The predicted octanol–water partition coefficient (Wildman–Crippen LogP) is 6.03. The summed E-state index contributed by atoms with van der Waals surface area (Å²) in [5, 5.41) is 17.8. The maximum absolute atomic E-state index is 13.6. The Bertz CT molecular complexity index is 1240. The van der Waals surface area contributed by atoms with Gasteiger partial charge in [0.2, 0.25) is 0 Å². The number of methoxy groups -OCH3 is 1. The summed E-state index contributed by atoms with van der Waals surface area (Å²) in [5.74, 6) is 0.504. The summed E-state index contributed by atoms with van der Waals surface area (Å²) >= 11 is 6.47. The minimum absolute atomic E-state index is 0.00251. The first kappa shape index (κ1) is 20.5. The third-order valence-corrected chi connectivity index (χ3v) is 6.54. The predicted molar refractivity (Wildman–Crippen MR) is 127 cm³/mol. The Hall–Kier alpha value is -3.44. The van der Waals surface area contributed by atoms with E-state index in [1.165, 1.54) is 7.11 Å². The number of phenolic OH excluding ortho intramolecular Hbond substituents is 1. The number of ketones is 1. The lowest BCUT2D eigenvalue weighted by Crippen LogP contribution is -2.27. The van der Waals surface area contributed by atoms with Gasteiger partial charge in [0.15, 0.2) is 17.3 Å². The number of rotatable bonds is 3. The largest absolute Gasteiger partial charge is 0.504 e. The van der Waals surface area contributed by atoms with Gasteiger partial charge in [-0.05, 0) is 53.8 Å². The summed E-state index contributed by atoms with van der Waals surface area (Å²) in [5.41, 5.74) is 5.25. The molecule has 5 nitrogen and oxygen atoms in total. The molecule has 1 heterocycles. The van der Waals surface area contributed by atoms with Crippen molar-refractivity contribution in [1.29, 1.82) is 0 Å². The quantitative estimate of drug-likeness (QED) is 0.458. The smallest absolute Gasteiger partial charge is 0.163 e. The second kappa shape index (κ2) is 8.24. The van der Waals surface area contributed by atoms with E-state index in [4.69, 9.17) is 16.3 Å². The molecule has 3 aromatic carbocycles. The fourth-order valence-corrected chi connectivity index (χ4v) is 4.93. The van der Waals surface area contributed by atoms with Crippen LogP contribution in [-0.4, -0.2) is 18.0 Å². The van der Waals surface area contributed by atoms with Crippen LogP contribution in [0.5, 0.6) is 11.5 Å². The zero-order valence-electron chi connectivity index (χ0n) is 17.6. The molecule has 6 heteroatoms. The van der Waals surface area contributed by atoms with Crippen LogP contribution in [0.1, 0.15) is 35.9 Å². The molecule has 162 valence electrons. The van der Waals surface area contributed by atoms with E-state index in [0.29, 0.717) is 29.2 Å². The molecule has 0 radical (unpaired) electrons. The number of halogens is 1. The van der Waals surface area contributed by atoms with Crippen molar-refractivity contribution in [3.05, 3.63) is 94.1 Å². The lowest BCUT2D eigenvalue weighted by Gasteiger charge is -2.30. The van der Waals surface area contributed by atoms with Crippen LogP contribution in [0, 0.1) is 0 Å². The van der Waals surface area contributed by atoms with Crippen LogP contribution in [0.15, 0.2) is 78.0 Å². The van der Waals surface area contributed by atoms with Crippen molar-refractivity contribution in [2.75, 3.05) is 17.7 Å². The number of benzene rings is 3. The van der Waals surface area contributed by atoms with Crippen LogP contribution >= 0.6 is 11.6 Å². The Morgan fingerprint density at radius 2 is 1.75 bits per heavy atom. The fourth-order valence-electron chi connectivity index (χ4n) is 4.64. The highest BCUT2D eigenvalue weighted by Crippen LogP contribution is 2.46. The highest BCUT2D eigenvalue weighted by molar-refractivity contribution is 6.31. The van der Waals surface area contributed by atoms with Gasteiger partial charge < -0.3 is 20.5 Å². The van der Waals surface area contributed by atoms with Crippen molar-refractivity contribution in [1.82, 2.24) is 0 Å². The topological polar surface area (TPSA) is 70.6 Å². The second-order valence-electron chi connectivity index (χ2n) is 8.12. The zero-order valence-corrected chi connectivity index (χ0v) is 18.3. The number of carbonyl (C=O) groups is 1. The van der Waals surface area contributed by atoms with Gasteiger partial charge in [0, 0.05) is 22.7 Å². The number of nitrogens with one attached hydrogen (secondary N) is 2. The summed E-state index contributed by atoms with van der Waals surface area (Å²) in [6.07, 6.45) is 1.06. The van der Waals surface area contributed by atoms with Gasteiger partial charge in [0.1, 0.15) is 0 Å². The van der Waals surface area contributed by atoms with Crippen LogP contribution in [-0.2, 0) is 4.79 Å². The zero-order chi connectivity index (χ0) is 22.2. The Labute approximate surface area is 191 Å². The first-order chi connectivity index (χ1) is 15.5. The molecule has 0 amide bonds. The molecule has 32 heavy (non-hydrogen) atoms. The van der Waals surface area contributed by atoms with Crippen LogP contribution in [0.3, 0.4) is 0 Å². The Morgan fingerprint density at radius 3 is 2.53 bits per heavy atom. The molecule has 0 unspecified atom stereocenters. The first-order valence-corrected chi connectivity index (χ1v) is 10.9. The summed E-state index contributed by atoms with van der Waals surface area (Å²) in [7, 11) is 1.51. The van der Waals surface area contributed by atoms with Crippen LogP contribution in [0.4, 0.5) is 11.4 Å². The number of allylic oxidation sites excluding steroid dienone is 1. The molecular formula is C26H23ClN2O3. The summed E-state index contributed by atoms with van der Waals surface area (Å²) in [6, 6.07) is 20.5. The number of hydrogen-bond acceptors (Lipinski definition) is 5. The molecule has 3 N–H and O–H groups in total. The van der Waals surface area contributed by atoms with E-state index in [-0.39, 0.29) is 23.5 Å². The number of carbonyl (C=O) groups excluding carboxylic acids is 1. The van der Waals surface area contributed by atoms with Gasteiger partial charge >= 0.3 is 0 Å². The standard InChI is InChI=1S/C26H23ClN2O3/c1-32-24-14-15(10-11-22(24)30)26-25-21(28-19-8-4-5-9-20(19)29-26)12-16(13-23(25)31)17-6-2-3-7-18(17)27/h2-11,14,16,26,28-30H,12-13H2,1H3/t16-,26+/m1/s1. The van der Waals surface area contributed by atoms with Gasteiger partial charge in [0.05, 0.1) is 24.5 Å². The highest BCUT2D eigenvalue weighted by Gasteiger charge is 2.36. The van der Waals surface area contributed by atoms with Crippen LogP contribution < -0.4 is 15.4 Å². The number of Topliss-reactive ketones (excluding diaryl/α,β-unsaturated/α-hetero) is 1. The van der Waals surface area contributed by atoms with Crippen molar-refractivity contribution in [2.24, 2.45) is 0 Å². The SMILES string of the molecule is COc1cc([C@@H]2Nc3ccccc3NC3=C2C(=O)C[C@H](c2ccccc2Cl)C3)ccc1O. The van der Waals surface area contributed by atoms with E-state index >= 15 is 0 Å². The van der Waals surface area contributed by atoms with Crippen molar-refractivity contribution < 1.29 is 14.6 Å². The molecule has 5 rings (SSSR count). The Morgan fingerprint density at radius 1 is 1.00 bits per heavy atom. The molecule has 0 saturated carbocycles. The van der Waals surface area contributed by atoms with Crippen molar-refractivity contribution in [3.63, 3.8) is 0 Å². The maximum atomic E-state index is 13.6. The van der Waals surface area contributed by atoms with Gasteiger partial charge in [0.25, 0.3) is 0 Å². The lowest BCUT2D eigenvalue weighted by atomic mass is 9.78. The number of fused-ring (bicyclic) bond motifs is 1. The molecule has 2 aliphatic rings. The summed E-state index contributed by atoms with van der Waals surface area (Å²) < 4.78 is 5.32. The molecule has 0 fully saturated rings. The average molecular weight is 447 g/mol. The molecule has 0 aromatic heterocycles. The number of anilines is 2. The molecule has 0 saturated heterocycles. The van der Waals surface area contributed by atoms with E-state index < -0.39 is 0 Å². The average Bonchev–Trinajstić information content (AvgIpc) is 2.96. The third-order valence-electron chi connectivity index (χ3n) is 6.19. The monoisotopic (exact) mass is 446 g/mol. The molecule has 0 bridgehead atoms. The first-order valence-electron chi connectivity index (χ1n) is 10.6. The van der Waals surface area contributed by atoms with Crippen molar-refractivity contribution in [2.45, 2.75) is 24.8 Å². The Balaban J connectivity index is 1.63. The number of para-hydroxylation sites is 2. The molecule has 3 aromatic rings. The lowest BCUT2D eigenvalue weighted by molar-refractivity contribution is -0.116. The number of ether oxygens (including phenoxy) is 1. The molecular weight excluding hydrogens is 424 g/mol. The van der Waals surface area contributed by atoms with E-state index in [2.05, 4.69) is 10.6 Å². The van der Waals surface area contributed by atoms with Crippen LogP contribution in [0.2, 0.25) is 5.02 Å². The number of phenols is 1. The van der Waals surface area contributed by atoms with Gasteiger partial charge in [-0.2, -0.15) is 0 Å². The van der Waals surface area contributed by atoms with E-state index in [9.17, 15) is 9.90 Å². The fraction of sp³-hybridized carbons (Fsp3) is 0.192.